The second-order valence-corrected chi connectivity index (χ2v) is 5.53. The summed E-state index contributed by atoms with van der Waals surface area (Å²) in [5, 5.41) is 0. The van der Waals surface area contributed by atoms with E-state index in [1.165, 1.54) is 18.4 Å². The molecule has 0 atom stereocenters. The number of carbonyl (C=O) groups excluding carboxylic acids is 1. The van der Waals surface area contributed by atoms with Crippen LogP contribution in [0, 0.1) is 5.92 Å². The van der Waals surface area contributed by atoms with Gasteiger partial charge in [-0.25, -0.2) is 0 Å². The zero-order valence-corrected chi connectivity index (χ0v) is 11.4. The van der Waals surface area contributed by atoms with E-state index in [1.54, 1.807) is 0 Å². The van der Waals surface area contributed by atoms with Crippen LogP contribution in [0.1, 0.15) is 63.4 Å². The molecule has 98 valence electrons. The molecule has 1 saturated carbocycles. The van der Waals surface area contributed by atoms with Gasteiger partial charge in [0.2, 0.25) is 0 Å². The van der Waals surface area contributed by atoms with Crippen molar-refractivity contribution < 1.29 is 4.79 Å². The summed E-state index contributed by atoms with van der Waals surface area (Å²) in [5.74, 6) is 1.56. The van der Waals surface area contributed by atoms with Gasteiger partial charge in [0.15, 0.2) is 0 Å². The molecule has 0 aromatic heterocycles. The third-order valence-electron chi connectivity index (χ3n) is 4.23. The van der Waals surface area contributed by atoms with Crippen molar-refractivity contribution in [3.8, 4) is 0 Å². The van der Waals surface area contributed by atoms with Gasteiger partial charge >= 0.3 is 0 Å². The molecule has 1 heteroatoms. The molecule has 0 N–H and O–H groups in total. The molecule has 0 bridgehead atoms. The summed E-state index contributed by atoms with van der Waals surface area (Å²) in [7, 11) is 0. The van der Waals surface area contributed by atoms with Crippen LogP contribution in [0.5, 0.6) is 0 Å². The molecule has 1 aliphatic rings. The van der Waals surface area contributed by atoms with Crippen LogP contribution in [0.2, 0.25) is 0 Å². The van der Waals surface area contributed by atoms with Gasteiger partial charge in [0.25, 0.3) is 0 Å². The van der Waals surface area contributed by atoms with Crippen LogP contribution in [-0.4, -0.2) is 5.78 Å². The summed E-state index contributed by atoms with van der Waals surface area (Å²) in [6.45, 7) is 2.15. The van der Waals surface area contributed by atoms with Crippen LogP contribution < -0.4 is 0 Å². The highest BCUT2D eigenvalue weighted by molar-refractivity contribution is 5.81. The van der Waals surface area contributed by atoms with Gasteiger partial charge in [-0.2, -0.15) is 0 Å². The van der Waals surface area contributed by atoms with Gasteiger partial charge in [-0.1, -0.05) is 43.7 Å². The Balaban J connectivity index is 1.83. The first-order valence-electron chi connectivity index (χ1n) is 7.39. The van der Waals surface area contributed by atoms with Crippen molar-refractivity contribution in [2.24, 2.45) is 5.92 Å². The van der Waals surface area contributed by atoms with E-state index in [1.807, 2.05) is 0 Å². The first-order chi connectivity index (χ1) is 8.81. The summed E-state index contributed by atoms with van der Waals surface area (Å²) < 4.78 is 0. The molecule has 1 nitrogen and oxygen atoms in total. The van der Waals surface area contributed by atoms with E-state index in [9.17, 15) is 4.79 Å². The number of hydrogen-bond donors (Lipinski definition) is 0. The lowest BCUT2D eigenvalue weighted by Gasteiger charge is -2.28. The summed E-state index contributed by atoms with van der Waals surface area (Å²) >= 11 is 0. The fourth-order valence-electron chi connectivity index (χ4n) is 3.03. The van der Waals surface area contributed by atoms with Crippen LogP contribution in [0.25, 0.3) is 0 Å². The monoisotopic (exact) mass is 244 g/mol. The fourth-order valence-corrected chi connectivity index (χ4v) is 3.03. The van der Waals surface area contributed by atoms with E-state index < -0.39 is 0 Å². The van der Waals surface area contributed by atoms with Crippen LogP contribution in [0.3, 0.4) is 0 Å². The molecule has 0 spiro atoms. The third-order valence-corrected chi connectivity index (χ3v) is 4.23. The maximum absolute atomic E-state index is 12.0. The highest BCUT2D eigenvalue weighted by atomic mass is 16.1. The topological polar surface area (TPSA) is 17.1 Å². The lowest BCUT2D eigenvalue weighted by atomic mass is 9.76. The largest absolute Gasteiger partial charge is 0.299 e. The number of unbranched alkanes of at least 4 members (excludes halogenated alkanes) is 1. The summed E-state index contributed by atoms with van der Waals surface area (Å²) in [6.07, 6.45) is 7.57. The normalized spacial score (nSPS) is 23.8. The summed E-state index contributed by atoms with van der Waals surface area (Å²) in [5.41, 5.74) is 1.46. The zero-order valence-electron chi connectivity index (χ0n) is 11.4. The standard InChI is InChI=1S/C17H24O/c1-2-3-9-17(18)16-12-10-15(11-13-16)14-7-5-4-6-8-14/h4-8,15-16H,2-3,9-13H2,1H3. The van der Waals surface area contributed by atoms with E-state index in [0.717, 1.165) is 32.1 Å². The lowest BCUT2D eigenvalue weighted by molar-refractivity contribution is -0.124. The third kappa shape index (κ3) is 3.44. The van der Waals surface area contributed by atoms with Crippen molar-refractivity contribution in [3.63, 3.8) is 0 Å². The average molecular weight is 244 g/mol. The molecular weight excluding hydrogens is 220 g/mol. The van der Waals surface area contributed by atoms with Crippen molar-refractivity contribution >= 4 is 5.78 Å². The minimum Gasteiger partial charge on any atom is -0.299 e. The van der Waals surface area contributed by atoms with Gasteiger partial charge in [0.1, 0.15) is 5.78 Å². The second kappa shape index (κ2) is 6.72. The van der Waals surface area contributed by atoms with Crippen molar-refractivity contribution in [3.05, 3.63) is 35.9 Å². The SMILES string of the molecule is CCCCC(=O)C1CCC(c2ccccc2)CC1. The minimum atomic E-state index is 0.358. The molecule has 0 saturated heterocycles. The predicted octanol–water partition coefficient (Wildman–Crippen LogP) is 4.72. The van der Waals surface area contributed by atoms with E-state index in [-0.39, 0.29) is 0 Å². The Morgan fingerprint density at radius 2 is 1.78 bits per heavy atom. The molecule has 0 amide bonds. The van der Waals surface area contributed by atoms with Crippen molar-refractivity contribution in [2.45, 2.75) is 57.8 Å². The summed E-state index contributed by atoms with van der Waals surface area (Å²) in [4.78, 5) is 12.0. The minimum absolute atomic E-state index is 0.358. The van der Waals surface area contributed by atoms with Crippen LogP contribution >= 0.6 is 0 Å². The lowest BCUT2D eigenvalue weighted by Crippen LogP contribution is -2.21. The molecular formula is C17H24O. The molecule has 0 aliphatic heterocycles. The van der Waals surface area contributed by atoms with E-state index >= 15 is 0 Å². The van der Waals surface area contributed by atoms with Crippen molar-refractivity contribution in [2.75, 3.05) is 0 Å². The molecule has 0 radical (unpaired) electrons. The summed E-state index contributed by atoms with van der Waals surface area (Å²) in [6, 6.07) is 10.8. The molecule has 0 unspecified atom stereocenters. The molecule has 1 aromatic carbocycles. The number of ketones is 1. The van der Waals surface area contributed by atoms with Crippen LogP contribution in [-0.2, 0) is 4.79 Å². The highest BCUT2D eigenvalue weighted by Gasteiger charge is 2.26. The van der Waals surface area contributed by atoms with Gasteiger partial charge in [-0.3, -0.25) is 4.79 Å². The van der Waals surface area contributed by atoms with Crippen LogP contribution in [0.15, 0.2) is 30.3 Å². The molecule has 1 fully saturated rings. The van der Waals surface area contributed by atoms with Gasteiger partial charge < -0.3 is 0 Å². The fraction of sp³-hybridized carbons (Fsp3) is 0.588. The van der Waals surface area contributed by atoms with E-state index in [2.05, 4.69) is 37.3 Å². The van der Waals surface area contributed by atoms with Gasteiger partial charge in [0.05, 0.1) is 0 Å². The molecule has 2 rings (SSSR count). The predicted molar refractivity (Wildman–Crippen MR) is 75.7 cm³/mol. The smallest absolute Gasteiger partial charge is 0.135 e. The molecule has 1 aliphatic carbocycles. The Bertz CT molecular complexity index is 360. The van der Waals surface area contributed by atoms with Gasteiger partial charge in [0, 0.05) is 12.3 Å². The first kappa shape index (κ1) is 13.3. The number of Topliss-reactive ketones (excluding diaryl/α,β-unsaturated/α-hetero) is 1. The maximum Gasteiger partial charge on any atom is 0.135 e. The number of carbonyl (C=O) groups is 1. The molecule has 0 heterocycles. The van der Waals surface area contributed by atoms with E-state index in [4.69, 9.17) is 0 Å². The molecule has 18 heavy (non-hydrogen) atoms. The van der Waals surface area contributed by atoms with Gasteiger partial charge in [-0.05, 0) is 43.6 Å². The van der Waals surface area contributed by atoms with Crippen molar-refractivity contribution in [1.82, 2.24) is 0 Å². The van der Waals surface area contributed by atoms with E-state index in [0.29, 0.717) is 17.6 Å². The van der Waals surface area contributed by atoms with Crippen LogP contribution in [0.4, 0.5) is 0 Å². The molecule has 1 aromatic rings. The average Bonchev–Trinajstić information content (AvgIpc) is 2.46. The number of hydrogen-bond acceptors (Lipinski definition) is 1. The Morgan fingerprint density at radius 3 is 2.39 bits per heavy atom. The number of benzene rings is 1. The first-order valence-corrected chi connectivity index (χ1v) is 7.39. The zero-order chi connectivity index (χ0) is 12.8. The van der Waals surface area contributed by atoms with Crippen molar-refractivity contribution in [1.29, 1.82) is 0 Å². The maximum atomic E-state index is 12.0. The van der Waals surface area contributed by atoms with Gasteiger partial charge in [-0.15, -0.1) is 0 Å². The Kier molecular flexibility index (Phi) is 4.98. The Hall–Kier alpha value is -1.11. The Morgan fingerprint density at radius 1 is 1.11 bits per heavy atom. The highest BCUT2D eigenvalue weighted by Crippen LogP contribution is 2.36. The second-order valence-electron chi connectivity index (χ2n) is 5.53. The quantitative estimate of drug-likeness (QED) is 0.732. The Labute approximate surface area is 111 Å². The number of rotatable bonds is 5.